The first kappa shape index (κ1) is 24.5. The number of amides is 1. The third-order valence-electron chi connectivity index (χ3n) is 4.96. The summed E-state index contributed by atoms with van der Waals surface area (Å²) in [6, 6.07) is -0.361. The van der Waals surface area contributed by atoms with Crippen molar-refractivity contribution in [3.8, 4) is 0 Å². The molecule has 1 spiro atoms. The maximum atomic E-state index is 10.9. The number of carboxylic acids is 1. The molecular formula is C19H37N3O4. The van der Waals surface area contributed by atoms with E-state index in [1.807, 2.05) is 18.7 Å². The largest absolute Gasteiger partial charge is 0.480 e. The number of likely N-dealkylation sites (N-methyl/N-ethyl adjacent to an activating group) is 2. The zero-order chi connectivity index (χ0) is 20.3. The molecule has 1 amide bonds. The molecule has 0 bridgehead atoms. The first-order valence-corrected chi connectivity index (χ1v) is 9.34. The Morgan fingerprint density at radius 2 is 1.65 bits per heavy atom. The number of aliphatic carboxylic acids is 1. The molecule has 1 N–H and O–H groups in total. The number of nitrogens with zero attached hydrogens (tertiary/aromatic N) is 3. The average Bonchev–Trinajstić information content (AvgIpc) is 2.89. The fourth-order valence-corrected chi connectivity index (χ4v) is 4.00. The smallest absolute Gasteiger partial charge is 0.321 e. The van der Waals surface area contributed by atoms with Crippen LogP contribution in [0.25, 0.3) is 0 Å². The van der Waals surface area contributed by atoms with Gasteiger partial charge in [0.2, 0.25) is 6.41 Å². The summed E-state index contributed by atoms with van der Waals surface area (Å²) in [6.07, 6.45) is 6.63. The number of likely N-dealkylation sites (tertiary alicyclic amines) is 2. The first-order valence-electron chi connectivity index (χ1n) is 9.34. The van der Waals surface area contributed by atoms with Crippen LogP contribution in [0.2, 0.25) is 0 Å². The molecule has 2 aliphatic heterocycles. The number of aldehydes is 1. The predicted molar refractivity (Wildman–Crippen MR) is 103 cm³/mol. The van der Waals surface area contributed by atoms with Crippen molar-refractivity contribution in [2.45, 2.75) is 58.0 Å². The molecule has 0 aromatic carbocycles. The maximum absolute atomic E-state index is 10.9. The molecule has 152 valence electrons. The summed E-state index contributed by atoms with van der Waals surface area (Å²) in [4.78, 5) is 36.3. The van der Waals surface area contributed by atoms with Gasteiger partial charge in [-0.05, 0) is 66.2 Å². The number of carbonyl (C=O) groups excluding carboxylic acids is 2. The van der Waals surface area contributed by atoms with Crippen LogP contribution in [0, 0.1) is 5.92 Å². The van der Waals surface area contributed by atoms with Crippen LogP contribution in [-0.4, -0.2) is 90.8 Å². The Balaban J connectivity index is 0.000000432. The van der Waals surface area contributed by atoms with Crippen molar-refractivity contribution in [2.24, 2.45) is 5.92 Å². The monoisotopic (exact) mass is 371 g/mol. The van der Waals surface area contributed by atoms with E-state index in [1.54, 1.807) is 19.0 Å². The van der Waals surface area contributed by atoms with E-state index in [4.69, 9.17) is 9.90 Å². The summed E-state index contributed by atoms with van der Waals surface area (Å²) in [5, 5.41) is 8.67. The Morgan fingerprint density at radius 3 is 1.96 bits per heavy atom. The molecule has 2 atom stereocenters. The molecule has 0 aliphatic carbocycles. The molecule has 2 fully saturated rings. The second kappa shape index (κ2) is 12.0. The van der Waals surface area contributed by atoms with Gasteiger partial charge in [0, 0.05) is 13.1 Å². The Kier molecular flexibility index (Phi) is 11.3. The summed E-state index contributed by atoms with van der Waals surface area (Å²) < 4.78 is 0. The molecule has 0 aromatic rings. The summed E-state index contributed by atoms with van der Waals surface area (Å²) >= 11 is 0. The molecule has 26 heavy (non-hydrogen) atoms. The van der Waals surface area contributed by atoms with Gasteiger partial charge in [-0.15, -0.1) is 0 Å². The van der Waals surface area contributed by atoms with Crippen LogP contribution in [0.1, 0.15) is 46.5 Å². The number of piperidine rings is 1. The molecular weight excluding hydrogens is 334 g/mol. The number of hydrogen-bond donors (Lipinski definition) is 1. The van der Waals surface area contributed by atoms with Gasteiger partial charge in [-0.3, -0.25) is 14.5 Å². The highest BCUT2D eigenvalue weighted by molar-refractivity contribution is 5.73. The number of rotatable bonds is 4. The van der Waals surface area contributed by atoms with Gasteiger partial charge in [0.1, 0.15) is 12.3 Å². The number of carbonyl (C=O) groups is 3. The van der Waals surface area contributed by atoms with Gasteiger partial charge >= 0.3 is 5.97 Å². The summed E-state index contributed by atoms with van der Waals surface area (Å²) in [5.74, 6) is -0.590. The SMILES string of the molecule is CC(C)C(C(=O)O)N(C)C.CC=O.CN1CCCC2(CCCN2C=O)C1. The van der Waals surface area contributed by atoms with Gasteiger partial charge in [0.15, 0.2) is 0 Å². The summed E-state index contributed by atoms with van der Waals surface area (Å²) in [6.45, 7) is 8.48. The molecule has 2 heterocycles. The third kappa shape index (κ3) is 7.41. The normalized spacial score (nSPS) is 23.8. The van der Waals surface area contributed by atoms with Crippen molar-refractivity contribution >= 4 is 18.7 Å². The minimum atomic E-state index is -0.750. The molecule has 2 aliphatic rings. The van der Waals surface area contributed by atoms with Crippen LogP contribution in [0.4, 0.5) is 0 Å². The molecule has 2 saturated heterocycles. The quantitative estimate of drug-likeness (QED) is 0.756. The van der Waals surface area contributed by atoms with Gasteiger partial charge in [-0.1, -0.05) is 13.8 Å². The standard InChI is InChI=1S/C10H18N2O.C7H15NO2.C2H4O/c1-11-6-2-4-10(8-11)5-3-7-12(10)9-13;1-5(2)6(7(9)10)8(3)4;1-2-3/h9H,2-8H2,1H3;5-6H,1-4H3,(H,9,10);2H,1H3. The highest BCUT2D eigenvalue weighted by atomic mass is 16.4. The van der Waals surface area contributed by atoms with Gasteiger partial charge in [-0.25, -0.2) is 0 Å². The van der Waals surface area contributed by atoms with Crippen molar-refractivity contribution in [1.29, 1.82) is 0 Å². The highest BCUT2D eigenvalue weighted by Gasteiger charge is 2.42. The van der Waals surface area contributed by atoms with E-state index in [0.29, 0.717) is 0 Å². The lowest BCUT2D eigenvalue weighted by molar-refractivity contribution is -0.143. The average molecular weight is 372 g/mol. The van der Waals surface area contributed by atoms with Crippen LogP contribution in [0.3, 0.4) is 0 Å². The number of hydrogen-bond acceptors (Lipinski definition) is 5. The zero-order valence-electron chi connectivity index (χ0n) is 17.3. The minimum absolute atomic E-state index is 0.160. The number of carboxylic acid groups (broad SMARTS) is 1. The fraction of sp³-hybridized carbons (Fsp3) is 0.842. The minimum Gasteiger partial charge on any atom is -0.480 e. The van der Waals surface area contributed by atoms with E-state index in [9.17, 15) is 9.59 Å². The fourth-order valence-electron chi connectivity index (χ4n) is 4.00. The second-order valence-corrected chi connectivity index (χ2v) is 7.69. The second-order valence-electron chi connectivity index (χ2n) is 7.69. The van der Waals surface area contributed by atoms with Crippen LogP contribution in [0.5, 0.6) is 0 Å². The third-order valence-corrected chi connectivity index (χ3v) is 4.96. The Bertz CT molecular complexity index is 435. The molecule has 0 aromatic heterocycles. The van der Waals surface area contributed by atoms with Crippen LogP contribution >= 0.6 is 0 Å². The van der Waals surface area contributed by atoms with Crippen LogP contribution < -0.4 is 0 Å². The Hall–Kier alpha value is -1.47. The summed E-state index contributed by atoms with van der Waals surface area (Å²) in [7, 11) is 5.71. The first-order chi connectivity index (χ1) is 12.1. The molecule has 7 nitrogen and oxygen atoms in total. The van der Waals surface area contributed by atoms with Crippen molar-refractivity contribution in [1.82, 2.24) is 14.7 Å². The van der Waals surface area contributed by atoms with Crippen LogP contribution in [0.15, 0.2) is 0 Å². The topological polar surface area (TPSA) is 81.2 Å². The molecule has 7 heteroatoms. The lowest BCUT2D eigenvalue weighted by Crippen LogP contribution is -2.54. The van der Waals surface area contributed by atoms with E-state index in [0.717, 1.165) is 25.8 Å². The zero-order valence-corrected chi connectivity index (χ0v) is 17.3. The van der Waals surface area contributed by atoms with Gasteiger partial charge in [0.25, 0.3) is 0 Å². The van der Waals surface area contributed by atoms with E-state index >= 15 is 0 Å². The Morgan fingerprint density at radius 1 is 1.15 bits per heavy atom. The van der Waals surface area contributed by atoms with Crippen molar-refractivity contribution in [3.63, 3.8) is 0 Å². The van der Waals surface area contributed by atoms with Crippen molar-refractivity contribution < 1.29 is 19.5 Å². The maximum Gasteiger partial charge on any atom is 0.321 e. The predicted octanol–water partition coefficient (Wildman–Crippen LogP) is 1.57. The molecule has 0 saturated carbocycles. The molecule has 2 rings (SSSR count). The van der Waals surface area contributed by atoms with E-state index in [1.165, 1.54) is 39.2 Å². The summed E-state index contributed by atoms with van der Waals surface area (Å²) in [5.41, 5.74) is 0.203. The van der Waals surface area contributed by atoms with Crippen LogP contribution in [-0.2, 0) is 14.4 Å². The van der Waals surface area contributed by atoms with E-state index in [-0.39, 0.29) is 17.5 Å². The van der Waals surface area contributed by atoms with Gasteiger partial charge in [-0.2, -0.15) is 0 Å². The van der Waals surface area contributed by atoms with E-state index < -0.39 is 5.97 Å². The molecule has 0 radical (unpaired) electrons. The Labute approximate surface area is 158 Å². The van der Waals surface area contributed by atoms with Gasteiger partial charge < -0.3 is 19.7 Å². The van der Waals surface area contributed by atoms with Crippen molar-refractivity contribution in [2.75, 3.05) is 40.8 Å². The lowest BCUT2D eigenvalue weighted by Gasteiger charge is -2.43. The lowest BCUT2D eigenvalue weighted by atomic mass is 9.87. The van der Waals surface area contributed by atoms with Gasteiger partial charge in [0.05, 0.1) is 5.54 Å². The molecule has 2 unspecified atom stereocenters. The highest BCUT2D eigenvalue weighted by Crippen LogP contribution is 2.35. The van der Waals surface area contributed by atoms with E-state index in [2.05, 4.69) is 11.9 Å². The van der Waals surface area contributed by atoms with Crippen molar-refractivity contribution in [3.05, 3.63) is 0 Å².